The summed E-state index contributed by atoms with van der Waals surface area (Å²) in [5, 5.41) is 11.6. The molecule has 0 radical (unpaired) electrons. The molecule has 0 fully saturated rings. The van der Waals surface area contributed by atoms with Gasteiger partial charge in [0.25, 0.3) is 0 Å². The SMILES string of the molecule is Cc1nc(CSc2nc(CC(=O)O)cs2)sc1C. The normalized spacial score (nSPS) is 10.8. The number of carboxylic acid groups (broad SMARTS) is 1. The fourth-order valence-corrected chi connectivity index (χ4v) is 4.09. The first-order chi connectivity index (χ1) is 8.54. The molecule has 1 N–H and O–H groups in total. The second-order valence-corrected chi connectivity index (χ2v) is 7.08. The monoisotopic (exact) mass is 300 g/mol. The van der Waals surface area contributed by atoms with E-state index < -0.39 is 5.97 Å². The lowest BCUT2D eigenvalue weighted by Gasteiger charge is -1.92. The number of thiazole rings is 2. The van der Waals surface area contributed by atoms with E-state index in [-0.39, 0.29) is 6.42 Å². The molecule has 0 atom stereocenters. The highest BCUT2D eigenvalue weighted by Crippen LogP contribution is 2.28. The third kappa shape index (κ3) is 3.54. The molecule has 0 aliphatic carbocycles. The minimum atomic E-state index is -0.844. The predicted octanol–water partition coefficient (Wildman–Crippen LogP) is 3.14. The van der Waals surface area contributed by atoms with Gasteiger partial charge in [-0.1, -0.05) is 11.8 Å². The first kappa shape index (κ1) is 13.5. The number of aryl methyl sites for hydroxylation is 2. The zero-order valence-corrected chi connectivity index (χ0v) is 12.4. The van der Waals surface area contributed by atoms with Crippen LogP contribution in [0.1, 0.15) is 21.3 Å². The van der Waals surface area contributed by atoms with Gasteiger partial charge in [-0.3, -0.25) is 4.79 Å². The average molecular weight is 300 g/mol. The quantitative estimate of drug-likeness (QED) is 0.859. The van der Waals surface area contributed by atoms with Crippen LogP contribution in [0.15, 0.2) is 9.72 Å². The van der Waals surface area contributed by atoms with E-state index in [4.69, 9.17) is 5.11 Å². The van der Waals surface area contributed by atoms with Crippen LogP contribution in [0.25, 0.3) is 0 Å². The number of aliphatic carboxylic acids is 1. The van der Waals surface area contributed by atoms with E-state index in [0.29, 0.717) is 5.69 Å². The molecule has 2 aromatic heterocycles. The second kappa shape index (κ2) is 5.81. The molecule has 18 heavy (non-hydrogen) atoms. The van der Waals surface area contributed by atoms with E-state index in [2.05, 4.69) is 16.9 Å². The second-order valence-electron chi connectivity index (χ2n) is 3.71. The Morgan fingerprint density at radius 2 is 2.22 bits per heavy atom. The third-order valence-electron chi connectivity index (χ3n) is 2.25. The molecule has 0 aliphatic heterocycles. The Hall–Kier alpha value is -0.920. The summed E-state index contributed by atoms with van der Waals surface area (Å²) >= 11 is 4.79. The fraction of sp³-hybridized carbons (Fsp3) is 0.364. The van der Waals surface area contributed by atoms with Crippen LogP contribution in [0.3, 0.4) is 0 Å². The van der Waals surface area contributed by atoms with Crippen LogP contribution in [-0.4, -0.2) is 21.0 Å². The average Bonchev–Trinajstić information content (AvgIpc) is 2.84. The lowest BCUT2D eigenvalue weighted by atomic mass is 10.3. The molecule has 2 heterocycles. The van der Waals surface area contributed by atoms with Crippen LogP contribution < -0.4 is 0 Å². The van der Waals surface area contributed by atoms with Gasteiger partial charge in [0, 0.05) is 10.3 Å². The van der Waals surface area contributed by atoms with Crippen molar-refractivity contribution in [1.82, 2.24) is 9.97 Å². The maximum Gasteiger partial charge on any atom is 0.309 e. The van der Waals surface area contributed by atoms with E-state index >= 15 is 0 Å². The zero-order chi connectivity index (χ0) is 13.1. The first-order valence-corrected chi connectivity index (χ1v) is 7.94. The van der Waals surface area contributed by atoms with Crippen LogP contribution >= 0.6 is 34.4 Å². The van der Waals surface area contributed by atoms with Crippen molar-refractivity contribution in [2.45, 2.75) is 30.4 Å². The molecular formula is C11H12N2O2S3. The van der Waals surface area contributed by atoms with Crippen molar-refractivity contribution in [2.75, 3.05) is 0 Å². The third-order valence-corrected chi connectivity index (χ3v) is 5.59. The molecule has 0 aliphatic rings. The van der Waals surface area contributed by atoms with Crippen LogP contribution in [0.2, 0.25) is 0 Å². The molecule has 4 nitrogen and oxygen atoms in total. The van der Waals surface area contributed by atoms with Crippen molar-refractivity contribution in [3.63, 3.8) is 0 Å². The highest BCUT2D eigenvalue weighted by molar-refractivity contribution is 8.00. The molecule has 0 saturated carbocycles. The standard InChI is InChI=1S/C11H12N2O2S3/c1-6-7(2)18-9(12-6)5-17-11-13-8(4-16-11)3-10(14)15/h4H,3,5H2,1-2H3,(H,14,15). The number of thioether (sulfide) groups is 1. The van der Waals surface area contributed by atoms with Crippen LogP contribution in [-0.2, 0) is 17.0 Å². The maximum absolute atomic E-state index is 10.5. The van der Waals surface area contributed by atoms with Crippen molar-refractivity contribution in [3.05, 3.63) is 26.7 Å². The number of carboxylic acids is 1. The van der Waals surface area contributed by atoms with Gasteiger partial charge in [0.15, 0.2) is 4.34 Å². The van der Waals surface area contributed by atoms with Gasteiger partial charge >= 0.3 is 5.97 Å². The number of aromatic nitrogens is 2. The minimum absolute atomic E-state index is 0.00741. The van der Waals surface area contributed by atoms with Crippen molar-refractivity contribution in [2.24, 2.45) is 0 Å². The number of hydrogen-bond donors (Lipinski definition) is 1. The molecule has 7 heteroatoms. The Morgan fingerprint density at radius 1 is 1.44 bits per heavy atom. The Morgan fingerprint density at radius 3 is 2.83 bits per heavy atom. The Kier molecular flexibility index (Phi) is 4.36. The van der Waals surface area contributed by atoms with Crippen LogP contribution in [0, 0.1) is 13.8 Å². The summed E-state index contributed by atoms with van der Waals surface area (Å²) in [4.78, 5) is 20.5. The Labute approximate surface area is 117 Å². The summed E-state index contributed by atoms with van der Waals surface area (Å²) in [6.45, 7) is 4.07. The van der Waals surface area contributed by atoms with Crippen molar-refractivity contribution in [3.8, 4) is 0 Å². The molecule has 2 rings (SSSR count). The Balaban J connectivity index is 1.93. The Bertz CT molecular complexity index is 543. The molecule has 0 spiro atoms. The van der Waals surface area contributed by atoms with Gasteiger partial charge in [-0.2, -0.15) is 0 Å². The van der Waals surface area contributed by atoms with Gasteiger partial charge in [-0.15, -0.1) is 22.7 Å². The van der Waals surface area contributed by atoms with Crippen molar-refractivity contribution < 1.29 is 9.90 Å². The van der Waals surface area contributed by atoms with Gasteiger partial charge < -0.3 is 5.11 Å². The van der Waals surface area contributed by atoms with Gasteiger partial charge in [-0.25, -0.2) is 9.97 Å². The maximum atomic E-state index is 10.5. The number of carbonyl (C=O) groups is 1. The molecular weight excluding hydrogens is 288 g/mol. The number of nitrogens with zero attached hydrogens (tertiary/aromatic N) is 2. The molecule has 0 aromatic carbocycles. The zero-order valence-electron chi connectivity index (χ0n) is 9.97. The molecule has 0 saturated heterocycles. The summed E-state index contributed by atoms with van der Waals surface area (Å²) in [5.74, 6) is -0.0534. The topological polar surface area (TPSA) is 63.1 Å². The van der Waals surface area contributed by atoms with Gasteiger partial charge in [-0.05, 0) is 13.8 Å². The van der Waals surface area contributed by atoms with Crippen LogP contribution in [0.4, 0.5) is 0 Å². The number of rotatable bonds is 5. The number of hydrogen-bond acceptors (Lipinski definition) is 6. The van der Waals surface area contributed by atoms with Gasteiger partial charge in [0.2, 0.25) is 0 Å². The summed E-state index contributed by atoms with van der Waals surface area (Å²) in [5.41, 5.74) is 1.71. The highest BCUT2D eigenvalue weighted by atomic mass is 32.2. The highest BCUT2D eigenvalue weighted by Gasteiger charge is 2.08. The van der Waals surface area contributed by atoms with E-state index in [1.807, 2.05) is 6.92 Å². The van der Waals surface area contributed by atoms with Crippen molar-refractivity contribution >= 4 is 40.4 Å². The lowest BCUT2D eigenvalue weighted by Crippen LogP contribution is -1.99. The summed E-state index contributed by atoms with van der Waals surface area (Å²) in [7, 11) is 0. The summed E-state index contributed by atoms with van der Waals surface area (Å²) < 4.78 is 0.900. The van der Waals surface area contributed by atoms with E-state index in [1.165, 1.54) is 16.2 Å². The summed E-state index contributed by atoms with van der Waals surface area (Å²) in [6, 6.07) is 0. The fourth-order valence-electron chi connectivity index (χ4n) is 1.32. The van der Waals surface area contributed by atoms with Crippen LogP contribution in [0.5, 0.6) is 0 Å². The molecule has 0 bridgehead atoms. The van der Waals surface area contributed by atoms with Gasteiger partial charge in [0.05, 0.1) is 23.6 Å². The largest absolute Gasteiger partial charge is 0.481 e. The first-order valence-electron chi connectivity index (χ1n) is 5.26. The van der Waals surface area contributed by atoms with Gasteiger partial charge in [0.1, 0.15) is 5.01 Å². The molecule has 2 aromatic rings. The summed E-state index contributed by atoms with van der Waals surface area (Å²) in [6.07, 6.45) is -0.00741. The lowest BCUT2D eigenvalue weighted by molar-refractivity contribution is -0.136. The van der Waals surface area contributed by atoms with E-state index in [1.54, 1.807) is 28.5 Å². The van der Waals surface area contributed by atoms with E-state index in [0.717, 1.165) is 20.8 Å². The molecule has 0 unspecified atom stereocenters. The van der Waals surface area contributed by atoms with E-state index in [9.17, 15) is 4.79 Å². The molecule has 0 amide bonds. The smallest absolute Gasteiger partial charge is 0.309 e. The predicted molar refractivity (Wildman–Crippen MR) is 74.6 cm³/mol. The van der Waals surface area contributed by atoms with Crippen molar-refractivity contribution in [1.29, 1.82) is 0 Å². The molecule has 96 valence electrons. The minimum Gasteiger partial charge on any atom is -0.481 e.